The molecule has 0 saturated carbocycles. The first kappa shape index (κ1) is 24.6. The molecule has 0 bridgehead atoms. The minimum Gasteiger partial charge on any atom is -0.467 e. The van der Waals surface area contributed by atoms with Crippen molar-refractivity contribution in [3.8, 4) is 11.3 Å². The van der Waals surface area contributed by atoms with Crippen molar-refractivity contribution in [1.29, 1.82) is 0 Å². The Labute approximate surface area is 222 Å². The average Bonchev–Trinajstić information content (AvgIpc) is 3.64. The molecule has 0 spiro atoms. The van der Waals surface area contributed by atoms with Gasteiger partial charge < -0.3 is 14.2 Å². The summed E-state index contributed by atoms with van der Waals surface area (Å²) in [6, 6.07) is 23.5. The van der Waals surface area contributed by atoms with E-state index in [9.17, 15) is 9.59 Å². The maximum Gasteiger partial charge on any atom is 0.243 e. The Kier molecular flexibility index (Phi) is 7.53. The van der Waals surface area contributed by atoms with Crippen LogP contribution in [0.4, 0.5) is 5.69 Å². The topological polar surface area (TPSA) is 100 Å². The number of thioether (sulfide) groups is 1. The summed E-state index contributed by atoms with van der Waals surface area (Å²) in [6.07, 6.45) is 3.01. The molecule has 0 aliphatic carbocycles. The van der Waals surface area contributed by atoms with E-state index in [0.29, 0.717) is 33.2 Å². The van der Waals surface area contributed by atoms with Gasteiger partial charge in [0.25, 0.3) is 0 Å². The SMILES string of the molecule is O=C(CC1S/C(=N\N=C\c2ccc(-c3ccc(Cl)cc3)o2)N(Cc2ccco2)C1=O)Nc1ccccc1. The van der Waals surface area contributed by atoms with Crippen molar-refractivity contribution in [3.05, 3.63) is 102 Å². The highest BCUT2D eigenvalue weighted by atomic mass is 35.5. The average molecular weight is 533 g/mol. The van der Waals surface area contributed by atoms with E-state index in [1.165, 1.54) is 29.1 Å². The second-order valence-electron chi connectivity index (χ2n) is 8.06. The van der Waals surface area contributed by atoms with Gasteiger partial charge in [-0.05, 0) is 60.7 Å². The van der Waals surface area contributed by atoms with Crippen molar-refractivity contribution in [2.75, 3.05) is 5.32 Å². The van der Waals surface area contributed by atoms with Gasteiger partial charge in [-0.1, -0.05) is 41.6 Å². The summed E-state index contributed by atoms with van der Waals surface area (Å²) < 4.78 is 11.2. The third-order valence-electron chi connectivity index (χ3n) is 5.43. The molecule has 3 heterocycles. The van der Waals surface area contributed by atoms with Gasteiger partial charge in [-0.3, -0.25) is 14.5 Å². The van der Waals surface area contributed by atoms with Gasteiger partial charge in [0.05, 0.1) is 19.0 Å². The molecule has 1 unspecified atom stereocenters. The van der Waals surface area contributed by atoms with Crippen LogP contribution in [0.25, 0.3) is 11.3 Å². The molecule has 10 heteroatoms. The number of rotatable bonds is 8. The first-order valence-corrected chi connectivity index (χ1v) is 12.6. The third-order valence-corrected chi connectivity index (χ3v) is 6.84. The first-order chi connectivity index (χ1) is 18.0. The summed E-state index contributed by atoms with van der Waals surface area (Å²) in [4.78, 5) is 27.2. The number of para-hydroxylation sites is 1. The van der Waals surface area contributed by atoms with Crippen molar-refractivity contribution in [2.24, 2.45) is 10.2 Å². The molecule has 2 amide bonds. The van der Waals surface area contributed by atoms with Crippen molar-refractivity contribution in [3.63, 3.8) is 0 Å². The predicted octanol–water partition coefficient (Wildman–Crippen LogP) is 6.06. The Hall–Kier alpha value is -4.08. The van der Waals surface area contributed by atoms with Crippen LogP contribution < -0.4 is 5.32 Å². The maximum atomic E-state index is 13.2. The van der Waals surface area contributed by atoms with Gasteiger partial charge in [0.15, 0.2) is 5.17 Å². The maximum absolute atomic E-state index is 13.2. The van der Waals surface area contributed by atoms with Gasteiger partial charge in [-0.25, -0.2) is 0 Å². The molecule has 4 aromatic rings. The van der Waals surface area contributed by atoms with Gasteiger partial charge in [-0.2, -0.15) is 5.10 Å². The number of nitrogens with zero attached hydrogens (tertiary/aromatic N) is 3. The minimum absolute atomic E-state index is 0.00157. The van der Waals surface area contributed by atoms with E-state index >= 15 is 0 Å². The zero-order chi connectivity index (χ0) is 25.6. The number of carbonyl (C=O) groups is 2. The largest absolute Gasteiger partial charge is 0.467 e. The Morgan fingerprint density at radius 3 is 2.62 bits per heavy atom. The van der Waals surface area contributed by atoms with Crippen LogP contribution in [0.3, 0.4) is 0 Å². The molecule has 1 saturated heterocycles. The quantitative estimate of drug-likeness (QED) is 0.220. The van der Waals surface area contributed by atoms with E-state index < -0.39 is 5.25 Å². The van der Waals surface area contributed by atoms with Crippen molar-refractivity contribution < 1.29 is 18.4 Å². The molecular formula is C27H21ClN4O4S. The smallest absolute Gasteiger partial charge is 0.243 e. The van der Waals surface area contributed by atoms with E-state index in [0.717, 1.165) is 5.56 Å². The lowest BCUT2D eigenvalue weighted by molar-refractivity contribution is -0.128. The van der Waals surface area contributed by atoms with Crippen molar-refractivity contribution in [1.82, 2.24) is 4.90 Å². The van der Waals surface area contributed by atoms with Crippen LogP contribution in [0, 0.1) is 0 Å². The fraction of sp³-hybridized carbons (Fsp3) is 0.111. The van der Waals surface area contributed by atoms with Crippen LogP contribution in [0.15, 0.2) is 104 Å². The van der Waals surface area contributed by atoms with Crippen LogP contribution in [0.5, 0.6) is 0 Å². The number of anilines is 1. The number of halogens is 1. The van der Waals surface area contributed by atoms with Crippen LogP contribution >= 0.6 is 23.4 Å². The van der Waals surface area contributed by atoms with E-state index in [1.54, 1.807) is 42.5 Å². The molecule has 2 aromatic heterocycles. The molecular weight excluding hydrogens is 512 g/mol. The molecule has 5 rings (SSSR count). The Bertz CT molecular complexity index is 1430. The molecule has 1 N–H and O–H groups in total. The number of hydrogen-bond acceptors (Lipinski definition) is 7. The predicted molar refractivity (Wildman–Crippen MR) is 145 cm³/mol. The fourth-order valence-corrected chi connectivity index (χ4v) is 4.87. The molecule has 0 radical (unpaired) electrons. The molecule has 1 fully saturated rings. The lowest BCUT2D eigenvalue weighted by atomic mass is 10.2. The highest BCUT2D eigenvalue weighted by molar-refractivity contribution is 8.15. The summed E-state index contributed by atoms with van der Waals surface area (Å²) in [7, 11) is 0. The Morgan fingerprint density at radius 2 is 1.86 bits per heavy atom. The number of benzene rings is 2. The van der Waals surface area contributed by atoms with E-state index in [-0.39, 0.29) is 24.8 Å². The van der Waals surface area contributed by atoms with Crippen LogP contribution in [0.2, 0.25) is 5.02 Å². The van der Waals surface area contributed by atoms with E-state index in [2.05, 4.69) is 15.5 Å². The van der Waals surface area contributed by atoms with E-state index in [4.69, 9.17) is 20.4 Å². The number of furan rings is 2. The molecule has 8 nitrogen and oxygen atoms in total. The van der Waals surface area contributed by atoms with Crippen molar-refractivity contribution in [2.45, 2.75) is 18.2 Å². The lowest BCUT2D eigenvalue weighted by Gasteiger charge is -2.14. The molecule has 1 aliphatic heterocycles. The highest BCUT2D eigenvalue weighted by Crippen LogP contribution is 2.31. The summed E-state index contributed by atoms with van der Waals surface area (Å²) in [5.41, 5.74) is 1.55. The normalized spacial score (nSPS) is 16.7. The zero-order valence-electron chi connectivity index (χ0n) is 19.4. The number of carbonyl (C=O) groups excluding carboxylic acids is 2. The number of amidine groups is 1. The zero-order valence-corrected chi connectivity index (χ0v) is 21.0. The summed E-state index contributed by atoms with van der Waals surface area (Å²) in [5, 5.41) is 11.6. The van der Waals surface area contributed by atoms with Crippen LogP contribution in [-0.2, 0) is 16.1 Å². The van der Waals surface area contributed by atoms with Crippen molar-refractivity contribution >= 4 is 52.2 Å². The molecule has 1 atom stereocenters. The summed E-state index contributed by atoms with van der Waals surface area (Å²) in [6.45, 7) is 0.186. The molecule has 37 heavy (non-hydrogen) atoms. The van der Waals surface area contributed by atoms with Gasteiger partial charge >= 0.3 is 0 Å². The number of nitrogens with one attached hydrogen (secondary N) is 1. The molecule has 186 valence electrons. The minimum atomic E-state index is -0.632. The van der Waals surface area contributed by atoms with Gasteiger partial charge in [0.1, 0.15) is 22.5 Å². The van der Waals surface area contributed by atoms with Gasteiger partial charge in [-0.15, -0.1) is 5.10 Å². The van der Waals surface area contributed by atoms with Gasteiger partial charge in [0.2, 0.25) is 11.8 Å². The van der Waals surface area contributed by atoms with Gasteiger partial charge in [0, 0.05) is 22.7 Å². The van der Waals surface area contributed by atoms with E-state index in [1.807, 2.05) is 36.4 Å². The second kappa shape index (κ2) is 11.3. The monoisotopic (exact) mass is 532 g/mol. The lowest BCUT2D eigenvalue weighted by Crippen LogP contribution is -2.33. The Balaban J connectivity index is 1.30. The molecule has 2 aromatic carbocycles. The van der Waals surface area contributed by atoms with Crippen LogP contribution in [-0.4, -0.2) is 33.3 Å². The third kappa shape index (κ3) is 6.19. The molecule has 1 aliphatic rings. The summed E-state index contributed by atoms with van der Waals surface area (Å²) >= 11 is 7.14. The standard InChI is InChI=1S/C27H21ClN4O4S/c28-19-10-8-18(9-11-19)23-13-12-21(36-23)16-29-31-27-32(17-22-7-4-14-35-22)26(34)24(37-27)15-25(33)30-20-5-2-1-3-6-20/h1-14,16,24H,15,17H2,(H,30,33)/b29-16+,31-27-. The first-order valence-electron chi connectivity index (χ1n) is 11.4. The fourth-order valence-electron chi connectivity index (χ4n) is 3.65. The number of hydrogen-bond donors (Lipinski definition) is 1. The Morgan fingerprint density at radius 1 is 1.05 bits per heavy atom. The number of amides is 2. The second-order valence-corrected chi connectivity index (χ2v) is 9.67. The highest BCUT2D eigenvalue weighted by Gasteiger charge is 2.39. The summed E-state index contributed by atoms with van der Waals surface area (Å²) in [5.74, 6) is 1.27. The van der Waals surface area contributed by atoms with Crippen LogP contribution in [0.1, 0.15) is 17.9 Å².